The normalized spacial score (nSPS) is 25.3. The van der Waals surface area contributed by atoms with Crippen LogP contribution in [0.15, 0.2) is 43.7 Å². The first-order valence-corrected chi connectivity index (χ1v) is 24.6. The van der Waals surface area contributed by atoms with Crippen LogP contribution in [0.3, 0.4) is 0 Å². The summed E-state index contributed by atoms with van der Waals surface area (Å²) in [4.78, 5) is 96.6. The highest BCUT2D eigenvalue weighted by molar-refractivity contribution is 7.44. The Kier molecular flexibility index (Phi) is 25.3. The maximum absolute atomic E-state index is 12.0. The van der Waals surface area contributed by atoms with Gasteiger partial charge in [-0.25, -0.2) is 9.59 Å². The average molecular weight is 1000 g/mol. The fourth-order valence-electron chi connectivity index (χ4n) is 7.59. The fraction of sp³-hybridized carbons (Fsp3) is 0.674. The Balaban J connectivity index is 0.000000279. The van der Waals surface area contributed by atoms with E-state index in [1.807, 2.05) is 6.92 Å². The summed E-state index contributed by atoms with van der Waals surface area (Å²) in [7, 11) is -4.67. The van der Waals surface area contributed by atoms with Crippen molar-refractivity contribution in [2.75, 3.05) is 52.5 Å². The van der Waals surface area contributed by atoms with E-state index >= 15 is 0 Å². The monoisotopic (exact) mass is 1000 g/mol. The maximum atomic E-state index is 12.0. The van der Waals surface area contributed by atoms with Crippen LogP contribution in [0.2, 0.25) is 0 Å². The van der Waals surface area contributed by atoms with Gasteiger partial charge in [0.1, 0.15) is 30.6 Å². The molecule has 0 bridgehead atoms. The highest BCUT2D eigenvalue weighted by atomic mass is 31.2. The molecule has 14 N–H and O–H groups in total. The van der Waals surface area contributed by atoms with Crippen molar-refractivity contribution in [3.05, 3.63) is 77.3 Å². The van der Waals surface area contributed by atoms with Gasteiger partial charge in [0, 0.05) is 63.4 Å². The zero-order valence-electron chi connectivity index (χ0n) is 39.1. The van der Waals surface area contributed by atoms with Crippen LogP contribution in [0, 0.1) is 11.8 Å². The number of ether oxygens (including phenoxy) is 2. The van der Waals surface area contributed by atoms with E-state index in [0.29, 0.717) is 26.1 Å². The van der Waals surface area contributed by atoms with Gasteiger partial charge in [-0.15, -0.1) is 0 Å². The molecule has 4 unspecified atom stereocenters. The second-order valence-corrected chi connectivity index (χ2v) is 18.2. The van der Waals surface area contributed by atoms with Crippen molar-refractivity contribution < 1.29 is 69.2 Å². The Labute approximate surface area is 398 Å². The van der Waals surface area contributed by atoms with Crippen molar-refractivity contribution in [2.45, 2.75) is 121 Å². The molecule has 10 atom stereocenters. The minimum absolute atomic E-state index is 0.0479. The van der Waals surface area contributed by atoms with E-state index in [4.69, 9.17) is 30.3 Å². The molecule has 0 spiro atoms. The molecule has 2 aromatic rings. The van der Waals surface area contributed by atoms with E-state index in [-0.39, 0.29) is 61.0 Å². The lowest BCUT2D eigenvalue weighted by Crippen LogP contribution is -2.50. The lowest BCUT2D eigenvalue weighted by atomic mass is 10.00. The number of phosphoric ester groups is 1. The number of carbonyl (C=O) groups is 2. The molecular formula is C43H71N8O17P. The number of nitrogens with two attached hydrogens (primary N) is 1. The van der Waals surface area contributed by atoms with Gasteiger partial charge < -0.3 is 71.0 Å². The number of aliphatic hydroxyl groups excluding tert-OH is 5. The Hall–Kier alpha value is -4.47. The SMILES string of the molecule is CC1CN(C(=O)CCCCC[NH3+])CC1COP(=O)([O-])O.CCCCCCCNC(=O)/C=C/c1cn([C@H]2C[C@@H](O)[C@@H](CO)O2)c(=O)[nH]c1=O.NC/C=C/c1cn([C@@H]2O[C@H](CO)[C@H](O)C2O)c(=O)[nH]c1=O. The minimum Gasteiger partial charge on any atom is -0.756 e. The number of nitrogens with one attached hydrogen (secondary N) is 3. The van der Waals surface area contributed by atoms with Gasteiger partial charge in [-0.2, -0.15) is 0 Å². The Morgan fingerprint density at radius 3 is 2.13 bits per heavy atom. The highest BCUT2D eigenvalue weighted by Crippen LogP contribution is 2.34. The van der Waals surface area contributed by atoms with Crippen LogP contribution in [0.1, 0.15) is 102 Å². The maximum Gasteiger partial charge on any atom is 0.330 e. The minimum atomic E-state index is -4.67. The van der Waals surface area contributed by atoms with E-state index in [1.165, 1.54) is 43.1 Å². The van der Waals surface area contributed by atoms with Crippen molar-refractivity contribution in [1.29, 1.82) is 0 Å². The third-order valence-electron chi connectivity index (χ3n) is 11.6. The highest BCUT2D eigenvalue weighted by Gasteiger charge is 2.44. The number of aliphatic hydroxyl groups is 5. The largest absolute Gasteiger partial charge is 0.756 e. The van der Waals surface area contributed by atoms with Crippen LogP contribution in [-0.2, 0) is 28.2 Å². The third kappa shape index (κ3) is 19.0. The smallest absolute Gasteiger partial charge is 0.330 e. The number of hydrogen-bond donors (Lipinski definition) is 11. The quantitative estimate of drug-likeness (QED) is 0.0314. The van der Waals surface area contributed by atoms with E-state index in [1.54, 1.807) is 4.90 Å². The number of H-pyrrole nitrogens is 2. The second-order valence-electron chi connectivity index (χ2n) is 17.0. The summed E-state index contributed by atoms with van der Waals surface area (Å²) in [5, 5.41) is 50.4. The van der Waals surface area contributed by atoms with Crippen molar-refractivity contribution in [1.82, 2.24) is 29.3 Å². The molecule has 0 aromatic carbocycles. The summed E-state index contributed by atoms with van der Waals surface area (Å²) in [6.07, 6.45) is 9.58. The van der Waals surface area contributed by atoms with Gasteiger partial charge in [0.15, 0.2) is 6.23 Å². The van der Waals surface area contributed by atoms with Crippen molar-refractivity contribution in [3.8, 4) is 0 Å². The number of aromatic nitrogens is 4. The summed E-state index contributed by atoms with van der Waals surface area (Å²) in [6.45, 7) is 5.94. The van der Waals surface area contributed by atoms with E-state index in [9.17, 15) is 53.5 Å². The number of aromatic amines is 2. The van der Waals surface area contributed by atoms with Gasteiger partial charge in [0.25, 0.3) is 18.9 Å². The number of quaternary nitrogens is 1. The van der Waals surface area contributed by atoms with Gasteiger partial charge >= 0.3 is 11.4 Å². The van der Waals surface area contributed by atoms with Crippen molar-refractivity contribution >= 4 is 31.8 Å². The van der Waals surface area contributed by atoms with Crippen LogP contribution in [0.5, 0.6) is 0 Å². The number of likely N-dealkylation sites (tertiary alicyclic amines) is 1. The Morgan fingerprint density at radius 1 is 0.913 bits per heavy atom. The van der Waals surface area contributed by atoms with Crippen LogP contribution in [-0.4, -0.2) is 149 Å². The summed E-state index contributed by atoms with van der Waals surface area (Å²) in [5.74, 6) is -0.0863. The molecule has 5 rings (SSSR count). The molecular weight excluding hydrogens is 931 g/mol. The van der Waals surface area contributed by atoms with Gasteiger partial charge in [0.05, 0.1) is 43.6 Å². The van der Waals surface area contributed by atoms with Gasteiger partial charge in [-0.05, 0) is 37.7 Å². The zero-order valence-corrected chi connectivity index (χ0v) is 40.0. The van der Waals surface area contributed by atoms with E-state index in [2.05, 4.69) is 32.5 Å². The molecule has 3 aliphatic rings. The van der Waals surface area contributed by atoms with E-state index < -0.39 is 79.9 Å². The third-order valence-corrected chi connectivity index (χ3v) is 12.1. The zero-order chi connectivity index (χ0) is 51.3. The molecule has 5 heterocycles. The van der Waals surface area contributed by atoms with Crippen LogP contribution in [0.4, 0.5) is 0 Å². The molecule has 3 aliphatic heterocycles. The number of amides is 2. The van der Waals surface area contributed by atoms with Crippen molar-refractivity contribution in [2.24, 2.45) is 17.6 Å². The summed E-state index contributed by atoms with van der Waals surface area (Å²) in [5.41, 5.74) is 6.62. The van der Waals surface area contributed by atoms with Gasteiger partial charge in [-0.3, -0.25) is 42.8 Å². The number of unbranched alkanes of at least 4 members (excludes halogenated alkanes) is 6. The topological polar surface area (TPSA) is 402 Å². The first-order valence-electron chi connectivity index (χ1n) is 23.1. The predicted molar refractivity (Wildman–Crippen MR) is 247 cm³/mol. The molecule has 2 amide bonds. The standard InChI is InChI=1S/C19H29N3O6.C12H17N3O6.C12H25N2O5P/c1-2-3-4-5-6-9-20-16(25)8-7-13-11-22(19(27)21-18(13)26)17-10-14(24)15(12-23)28-17;13-3-1-2-6-4-15(12(20)14-10(6)19)11-9(18)8(17)7(5-16)21-11;1-10-7-14(12(15)5-3-2-4-6-13)8-11(10)9-19-20(16,17)18/h7-8,11,14-15,17,23-24H,2-6,9-10,12H2,1H3,(H,20,25)(H,21,26,27);1-2,4,7-9,11,16-18H,3,5,13H2,(H,14,19,20);10-11H,2-9,13H2,1H3,(H2,16,17,18)/b8-7+;2-1+;/t14-,15-,17-;7-,8+,9?,11-;/m11./s1. The first kappa shape index (κ1) is 58.8. The average Bonchev–Trinajstić information content (AvgIpc) is 3.97. The molecule has 26 heteroatoms. The number of hydrogen-bond acceptors (Lipinski definition) is 17. The lowest BCUT2D eigenvalue weighted by Gasteiger charge is -2.20. The molecule has 69 heavy (non-hydrogen) atoms. The number of nitrogens with zero attached hydrogens (tertiary/aromatic N) is 3. The molecule has 2 aromatic heterocycles. The first-order chi connectivity index (χ1) is 32.8. The van der Waals surface area contributed by atoms with Crippen molar-refractivity contribution in [3.63, 3.8) is 0 Å². The number of rotatable bonds is 22. The Bertz CT molecular complexity index is 2260. The molecule has 25 nitrogen and oxygen atoms in total. The second kappa shape index (κ2) is 29.7. The summed E-state index contributed by atoms with van der Waals surface area (Å²) < 4.78 is 27.8. The molecule has 0 aliphatic carbocycles. The lowest BCUT2D eigenvalue weighted by molar-refractivity contribution is -0.368. The molecule has 0 radical (unpaired) electrons. The molecule has 0 saturated carbocycles. The van der Waals surface area contributed by atoms with Crippen LogP contribution < -0.4 is 44.2 Å². The predicted octanol–water partition coefficient (Wildman–Crippen LogP) is -3.24. The van der Waals surface area contributed by atoms with Crippen LogP contribution in [0.25, 0.3) is 12.2 Å². The number of phosphoric acid groups is 1. The summed E-state index contributed by atoms with van der Waals surface area (Å²) in [6, 6.07) is 0. The summed E-state index contributed by atoms with van der Waals surface area (Å²) >= 11 is 0. The number of carbonyl (C=O) groups excluding carboxylic acids is 2. The van der Waals surface area contributed by atoms with E-state index in [0.717, 1.165) is 60.6 Å². The fourth-order valence-corrected chi connectivity index (χ4v) is 7.97. The molecule has 3 saturated heterocycles. The molecule has 3 fully saturated rings. The Morgan fingerprint density at radius 2 is 1.54 bits per heavy atom. The van der Waals surface area contributed by atoms with Crippen LogP contribution >= 0.6 is 7.82 Å². The molecule has 390 valence electrons. The van der Waals surface area contributed by atoms with Gasteiger partial charge in [0.2, 0.25) is 11.8 Å². The van der Waals surface area contributed by atoms with Gasteiger partial charge in [-0.1, -0.05) is 51.7 Å².